The normalized spacial score (nSPS) is 14.1. The number of anilines is 1. The molecule has 0 fully saturated rings. The molecule has 0 atom stereocenters. The molecule has 2 amide bonds. The number of imide groups is 1. The molecule has 5 heteroatoms. The van der Waals surface area contributed by atoms with Crippen molar-refractivity contribution in [2.75, 3.05) is 11.5 Å². The van der Waals surface area contributed by atoms with Crippen molar-refractivity contribution in [3.8, 4) is 0 Å². The number of ether oxygens (including phenoxy) is 1. The zero-order chi connectivity index (χ0) is 13.8. The second-order valence-corrected chi connectivity index (χ2v) is 4.03. The molecule has 0 aromatic heterocycles. The highest BCUT2D eigenvalue weighted by molar-refractivity contribution is 6.28. The summed E-state index contributed by atoms with van der Waals surface area (Å²) >= 11 is 0. The first-order valence-corrected chi connectivity index (χ1v) is 5.97. The third-order valence-corrected chi connectivity index (χ3v) is 2.61. The van der Waals surface area contributed by atoms with Crippen LogP contribution < -0.4 is 4.90 Å². The standard InChI is InChI=1S/C14H13NO4/c1-2-9-19-14(18)10-3-5-11(6-4-10)15-12(16)7-8-13(15)17/h3-8H,2,9H2,1H3. The maximum Gasteiger partial charge on any atom is 0.338 e. The predicted molar refractivity (Wildman–Crippen MR) is 68.6 cm³/mol. The van der Waals surface area contributed by atoms with Crippen LogP contribution in [0.5, 0.6) is 0 Å². The lowest BCUT2D eigenvalue weighted by Crippen LogP contribution is -2.29. The van der Waals surface area contributed by atoms with E-state index in [0.717, 1.165) is 11.3 Å². The van der Waals surface area contributed by atoms with Crippen LogP contribution in [0.4, 0.5) is 5.69 Å². The van der Waals surface area contributed by atoms with Gasteiger partial charge in [-0.2, -0.15) is 0 Å². The Bertz CT molecular complexity index is 527. The van der Waals surface area contributed by atoms with Crippen molar-refractivity contribution >= 4 is 23.5 Å². The number of rotatable bonds is 4. The second-order valence-electron chi connectivity index (χ2n) is 4.03. The number of carbonyl (C=O) groups is 3. The van der Waals surface area contributed by atoms with Gasteiger partial charge in [0, 0.05) is 12.2 Å². The molecule has 1 aromatic carbocycles. The molecule has 0 spiro atoms. The largest absolute Gasteiger partial charge is 0.462 e. The Hall–Kier alpha value is -2.43. The van der Waals surface area contributed by atoms with Crippen LogP contribution in [0.25, 0.3) is 0 Å². The van der Waals surface area contributed by atoms with Crippen LogP contribution in [-0.4, -0.2) is 24.4 Å². The average Bonchev–Trinajstić information content (AvgIpc) is 2.76. The van der Waals surface area contributed by atoms with Crippen LogP contribution in [0.15, 0.2) is 36.4 Å². The van der Waals surface area contributed by atoms with E-state index in [-0.39, 0.29) is 11.8 Å². The third-order valence-electron chi connectivity index (χ3n) is 2.61. The van der Waals surface area contributed by atoms with Crippen LogP contribution in [-0.2, 0) is 14.3 Å². The molecule has 0 N–H and O–H groups in total. The van der Waals surface area contributed by atoms with E-state index in [1.807, 2.05) is 6.92 Å². The van der Waals surface area contributed by atoms with Crippen molar-refractivity contribution in [1.29, 1.82) is 0 Å². The van der Waals surface area contributed by atoms with E-state index in [9.17, 15) is 14.4 Å². The summed E-state index contributed by atoms with van der Waals surface area (Å²) in [5.74, 6) is -1.18. The summed E-state index contributed by atoms with van der Waals surface area (Å²) in [6.45, 7) is 2.28. The number of esters is 1. The molecule has 19 heavy (non-hydrogen) atoms. The first-order valence-electron chi connectivity index (χ1n) is 5.97. The topological polar surface area (TPSA) is 63.7 Å². The Morgan fingerprint density at radius 3 is 2.21 bits per heavy atom. The molecule has 1 aromatic rings. The first kappa shape index (κ1) is 13.0. The molecule has 1 heterocycles. The number of hydrogen-bond donors (Lipinski definition) is 0. The van der Waals surface area contributed by atoms with Gasteiger partial charge in [-0.3, -0.25) is 9.59 Å². The molecule has 98 valence electrons. The zero-order valence-corrected chi connectivity index (χ0v) is 10.5. The summed E-state index contributed by atoms with van der Waals surface area (Å²) in [7, 11) is 0. The Morgan fingerprint density at radius 1 is 1.11 bits per heavy atom. The highest BCUT2D eigenvalue weighted by Gasteiger charge is 2.25. The lowest BCUT2D eigenvalue weighted by atomic mass is 10.2. The van der Waals surface area contributed by atoms with Crippen molar-refractivity contribution < 1.29 is 19.1 Å². The molecule has 0 radical (unpaired) electrons. The van der Waals surface area contributed by atoms with E-state index in [0.29, 0.717) is 17.9 Å². The summed E-state index contributed by atoms with van der Waals surface area (Å²) in [4.78, 5) is 35.6. The monoisotopic (exact) mass is 259 g/mol. The lowest BCUT2D eigenvalue weighted by Gasteiger charge is -2.13. The molecule has 0 aliphatic carbocycles. The van der Waals surface area contributed by atoms with E-state index in [1.54, 1.807) is 12.1 Å². The molecule has 0 unspecified atom stereocenters. The molecular formula is C14H13NO4. The summed E-state index contributed by atoms with van der Waals surface area (Å²) < 4.78 is 4.99. The second kappa shape index (κ2) is 5.48. The lowest BCUT2D eigenvalue weighted by molar-refractivity contribution is -0.119. The molecule has 2 rings (SSSR count). The van der Waals surface area contributed by atoms with Gasteiger partial charge in [0.2, 0.25) is 0 Å². The Kier molecular flexibility index (Phi) is 3.75. The van der Waals surface area contributed by atoms with Gasteiger partial charge >= 0.3 is 5.97 Å². The smallest absolute Gasteiger partial charge is 0.338 e. The van der Waals surface area contributed by atoms with Crippen LogP contribution in [0, 0.1) is 0 Å². The molecule has 1 aliphatic heterocycles. The van der Waals surface area contributed by atoms with Gasteiger partial charge in [-0.25, -0.2) is 9.69 Å². The maximum atomic E-state index is 11.6. The maximum absolute atomic E-state index is 11.6. The Labute approximate surface area is 110 Å². The summed E-state index contributed by atoms with van der Waals surface area (Å²) in [5.41, 5.74) is 0.830. The number of amides is 2. The molecule has 0 saturated heterocycles. The van der Waals surface area contributed by atoms with E-state index < -0.39 is 5.97 Å². The van der Waals surface area contributed by atoms with Gasteiger partial charge in [0.15, 0.2) is 0 Å². The van der Waals surface area contributed by atoms with Crippen LogP contribution in [0.2, 0.25) is 0 Å². The van der Waals surface area contributed by atoms with Gasteiger partial charge < -0.3 is 4.74 Å². The van der Waals surface area contributed by atoms with Crippen molar-refractivity contribution in [2.24, 2.45) is 0 Å². The van der Waals surface area contributed by atoms with E-state index in [2.05, 4.69) is 0 Å². The third kappa shape index (κ3) is 2.70. The van der Waals surface area contributed by atoms with Crippen molar-refractivity contribution in [2.45, 2.75) is 13.3 Å². The minimum Gasteiger partial charge on any atom is -0.462 e. The van der Waals surface area contributed by atoms with Crippen molar-refractivity contribution in [3.63, 3.8) is 0 Å². The van der Waals surface area contributed by atoms with Gasteiger partial charge in [-0.1, -0.05) is 6.92 Å². The minimum atomic E-state index is -0.411. The summed E-state index contributed by atoms with van der Waals surface area (Å²) in [6.07, 6.45) is 3.18. The number of benzene rings is 1. The van der Waals surface area contributed by atoms with E-state index in [4.69, 9.17) is 4.74 Å². The molecule has 1 aliphatic rings. The fraction of sp³-hybridized carbons (Fsp3) is 0.214. The van der Waals surface area contributed by atoms with E-state index >= 15 is 0 Å². The molecule has 5 nitrogen and oxygen atoms in total. The first-order chi connectivity index (χ1) is 9.13. The van der Waals surface area contributed by atoms with E-state index in [1.165, 1.54) is 24.3 Å². The number of nitrogens with zero attached hydrogens (tertiary/aromatic N) is 1. The fourth-order valence-electron chi connectivity index (χ4n) is 1.68. The molecule has 0 bridgehead atoms. The van der Waals surface area contributed by atoms with Crippen LogP contribution >= 0.6 is 0 Å². The van der Waals surface area contributed by atoms with Crippen LogP contribution in [0.1, 0.15) is 23.7 Å². The van der Waals surface area contributed by atoms with Crippen molar-refractivity contribution in [3.05, 3.63) is 42.0 Å². The molecular weight excluding hydrogens is 246 g/mol. The van der Waals surface area contributed by atoms with Gasteiger partial charge in [-0.05, 0) is 30.7 Å². The molecule has 0 saturated carbocycles. The SMILES string of the molecule is CCCOC(=O)c1ccc(N2C(=O)C=CC2=O)cc1. The fourth-order valence-corrected chi connectivity index (χ4v) is 1.68. The predicted octanol–water partition coefficient (Wildman–Crippen LogP) is 1.68. The quantitative estimate of drug-likeness (QED) is 0.609. The average molecular weight is 259 g/mol. The van der Waals surface area contributed by atoms with Crippen LogP contribution in [0.3, 0.4) is 0 Å². The Balaban J connectivity index is 2.13. The highest BCUT2D eigenvalue weighted by Crippen LogP contribution is 2.19. The summed E-state index contributed by atoms with van der Waals surface area (Å²) in [6, 6.07) is 6.16. The highest BCUT2D eigenvalue weighted by atomic mass is 16.5. The Morgan fingerprint density at radius 2 is 1.68 bits per heavy atom. The zero-order valence-electron chi connectivity index (χ0n) is 10.5. The van der Waals surface area contributed by atoms with Gasteiger partial charge in [-0.15, -0.1) is 0 Å². The number of hydrogen-bond acceptors (Lipinski definition) is 4. The summed E-state index contributed by atoms with van der Waals surface area (Å²) in [5, 5.41) is 0. The van der Waals surface area contributed by atoms with Gasteiger partial charge in [0.05, 0.1) is 17.9 Å². The van der Waals surface area contributed by atoms with Crippen molar-refractivity contribution in [1.82, 2.24) is 0 Å². The number of carbonyl (C=O) groups excluding carboxylic acids is 3. The van der Waals surface area contributed by atoms with Gasteiger partial charge in [0.25, 0.3) is 11.8 Å². The minimum absolute atomic E-state index is 0.369. The van der Waals surface area contributed by atoms with Gasteiger partial charge in [0.1, 0.15) is 0 Å².